The van der Waals surface area contributed by atoms with Crippen molar-refractivity contribution < 1.29 is 31.1 Å². The predicted molar refractivity (Wildman–Crippen MR) is 109 cm³/mol. The Bertz CT molecular complexity index is 1220. The SMILES string of the molecule is O=C(Nc1nc2c(C(F)(F)F)cccc2s1)c1ccc(S(=O)(=O)N2CCOCC2)cc1. The Morgan fingerprint density at radius 1 is 1.10 bits per heavy atom. The maximum atomic E-state index is 13.1. The molecule has 1 N–H and O–H groups in total. The number of carbonyl (C=O) groups excluding carboxylic acids is 1. The summed E-state index contributed by atoms with van der Waals surface area (Å²) < 4.78 is 71.5. The zero-order valence-electron chi connectivity index (χ0n) is 15.8. The van der Waals surface area contributed by atoms with Gasteiger partial charge in [0.2, 0.25) is 10.0 Å². The number of nitrogens with one attached hydrogen (secondary N) is 1. The van der Waals surface area contributed by atoms with Crippen molar-refractivity contribution in [3.63, 3.8) is 0 Å². The van der Waals surface area contributed by atoms with Gasteiger partial charge in [-0.3, -0.25) is 10.1 Å². The molecule has 0 saturated carbocycles. The van der Waals surface area contributed by atoms with Crippen LogP contribution >= 0.6 is 11.3 Å². The van der Waals surface area contributed by atoms with Crippen molar-refractivity contribution in [2.24, 2.45) is 0 Å². The molecule has 1 amide bonds. The lowest BCUT2D eigenvalue weighted by molar-refractivity contribution is -0.136. The van der Waals surface area contributed by atoms with Gasteiger partial charge in [0.05, 0.1) is 33.9 Å². The molecule has 0 radical (unpaired) electrons. The fraction of sp³-hybridized carbons (Fsp3) is 0.263. The molecule has 0 unspecified atom stereocenters. The highest BCUT2D eigenvalue weighted by Gasteiger charge is 2.34. The van der Waals surface area contributed by atoms with E-state index in [0.717, 1.165) is 17.4 Å². The maximum Gasteiger partial charge on any atom is 0.418 e. The minimum absolute atomic E-state index is 0.0155. The zero-order valence-corrected chi connectivity index (χ0v) is 17.5. The van der Waals surface area contributed by atoms with E-state index in [-0.39, 0.29) is 38.9 Å². The smallest absolute Gasteiger partial charge is 0.379 e. The summed E-state index contributed by atoms with van der Waals surface area (Å²) in [6, 6.07) is 9.03. The minimum Gasteiger partial charge on any atom is -0.379 e. The second kappa shape index (κ2) is 8.19. The highest BCUT2D eigenvalue weighted by atomic mass is 32.2. The third-order valence-corrected chi connectivity index (χ3v) is 7.52. The van der Waals surface area contributed by atoms with Gasteiger partial charge in [-0.1, -0.05) is 17.4 Å². The van der Waals surface area contributed by atoms with Crippen LogP contribution in [0.1, 0.15) is 15.9 Å². The number of carbonyl (C=O) groups is 1. The van der Waals surface area contributed by atoms with Crippen molar-refractivity contribution in [1.29, 1.82) is 0 Å². The Kier molecular flexibility index (Phi) is 5.73. The highest BCUT2D eigenvalue weighted by molar-refractivity contribution is 7.89. The van der Waals surface area contributed by atoms with Gasteiger partial charge in [0.15, 0.2) is 5.13 Å². The van der Waals surface area contributed by atoms with Crippen molar-refractivity contribution >= 4 is 42.6 Å². The first-order valence-electron chi connectivity index (χ1n) is 9.12. The van der Waals surface area contributed by atoms with Gasteiger partial charge in [-0.2, -0.15) is 17.5 Å². The van der Waals surface area contributed by atoms with E-state index in [0.29, 0.717) is 13.2 Å². The summed E-state index contributed by atoms with van der Waals surface area (Å²) in [7, 11) is -3.69. The molecule has 3 aromatic rings. The van der Waals surface area contributed by atoms with Crippen LogP contribution in [0.4, 0.5) is 18.3 Å². The number of rotatable bonds is 4. The first-order valence-corrected chi connectivity index (χ1v) is 11.4. The van der Waals surface area contributed by atoms with Crippen molar-refractivity contribution in [1.82, 2.24) is 9.29 Å². The van der Waals surface area contributed by atoms with Crippen molar-refractivity contribution in [3.8, 4) is 0 Å². The molecule has 0 atom stereocenters. The van der Waals surface area contributed by atoms with Gasteiger partial charge >= 0.3 is 6.18 Å². The van der Waals surface area contributed by atoms with Crippen LogP contribution in [0.5, 0.6) is 0 Å². The van der Waals surface area contributed by atoms with Crippen LogP contribution in [0, 0.1) is 0 Å². The Hall–Kier alpha value is -2.54. The largest absolute Gasteiger partial charge is 0.418 e. The van der Waals surface area contributed by atoms with E-state index in [1.54, 1.807) is 0 Å². The number of para-hydroxylation sites is 1. The number of anilines is 1. The van der Waals surface area contributed by atoms with E-state index in [9.17, 15) is 26.4 Å². The summed E-state index contributed by atoms with van der Waals surface area (Å²) in [4.78, 5) is 16.4. The summed E-state index contributed by atoms with van der Waals surface area (Å²) in [6.07, 6.45) is -4.56. The van der Waals surface area contributed by atoms with Gasteiger partial charge in [-0.25, -0.2) is 13.4 Å². The molecule has 1 aromatic heterocycles. The topological polar surface area (TPSA) is 88.6 Å². The Morgan fingerprint density at radius 2 is 1.77 bits per heavy atom. The third-order valence-electron chi connectivity index (χ3n) is 4.67. The summed E-state index contributed by atoms with van der Waals surface area (Å²) in [6.45, 7) is 1.14. The Balaban J connectivity index is 1.53. The molecule has 1 aliphatic heterocycles. The molecule has 12 heteroatoms. The molecule has 0 aliphatic carbocycles. The zero-order chi connectivity index (χ0) is 22.2. The van der Waals surface area contributed by atoms with Crippen LogP contribution in [-0.2, 0) is 20.9 Å². The lowest BCUT2D eigenvalue weighted by Gasteiger charge is -2.26. The number of nitrogens with zero attached hydrogens (tertiary/aromatic N) is 2. The average Bonchev–Trinajstić information content (AvgIpc) is 3.16. The summed E-state index contributed by atoms with van der Waals surface area (Å²) in [5.74, 6) is -0.608. The van der Waals surface area contributed by atoms with E-state index in [1.807, 2.05) is 0 Å². The number of hydrogen-bond acceptors (Lipinski definition) is 6. The molecule has 2 aromatic carbocycles. The molecule has 0 spiro atoms. The molecule has 4 rings (SSSR count). The second-order valence-corrected chi connectivity index (χ2v) is 9.63. The number of amides is 1. The van der Waals surface area contributed by atoms with Crippen LogP contribution in [0.2, 0.25) is 0 Å². The number of ether oxygens (including phenoxy) is 1. The number of morpholine rings is 1. The van der Waals surface area contributed by atoms with Gasteiger partial charge in [-0.05, 0) is 36.4 Å². The van der Waals surface area contributed by atoms with Crippen molar-refractivity contribution in [2.75, 3.05) is 31.6 Å². The van der Waals surface area contributed by atoms with Crippen molar-refractivity contribution in [2.45, 2.75) is 11.1 Å². The lowest BCUT2D eigenvalue weighted by atomic mass is 10.2. The predicted octanol–water partition coefficient (Wildman–Crippen LogP) is 3.59. The molecule has 1 saturated heterocycles. The maximum absolute atomic E-state index is 13.1. The number of benzene rings is 2. The number of aromatic nitrogens is 1. The number of sulfonamides is 1. The molecular formula is C19H16F3N3O4S2. The van der Waals surface area contributed by atoms with Crippen LogP contribution in [0.3, 0.4) is 0 Å². The van der Waals surface area contributed by atoms with Gasteiger partial charge in [0, 0.05) is 18.7 Å². The number of fused-ring (bicyclic) bond motifs is 1. The van der Waals surface area contributed by atoms with Gasteiger partial charge in [0.25, 0.3) is 5.91 Å². The third kappa shape index (κ3) is 4.42. The monoisotopic (exact) mass is 471 g/mol. The summed E-state index contributed by atoms with van der Waals surface area (Å²) in [5.41, 5.74) is -0.960. The molecule has 164 valence electrons. The van der Waals surface area contributed by atoms with E-state index in [4.69, 9.17) is 4.74 Å². The van der Waals surface area contributed by atoms with Crippen molar-refractivity contribution in [3.05, 3.63) is 53.6 Å². The van der Waals surface area contributed by atoms with Crippen LogP contribution in [0.25, 0.3) is 10.2 Å². The van der Waals surface area contributed by atoms with E-state index >= 15 is 0 Å². The summed E-state index contributed by atoms with van der Waals surface area (Å²) >= 11 is 0.919. The van der Waals surface area contributed by atoms with E-state index in [2.05, 4.69) is 10.3 Å². The van der Waals surface area contributed by atoms with E-state index < -0.39 is 27.7 Å². The van der Waals surface area contributed by atoms with E-state index in [1.165, 1.54) is 40.7 Å². The fourth-order valence-corrected chi connectivity index (χ4v) is 5.41. The number of halogens is 3. The normalized spacial score (nSPS) is 15.8. The molecule has 7 nitrogen and oxygen atoms in total. The van der Waals surface area contributed by atoms with Gasteiger partial charge in [-0.15, -0.1) is 0 Å². The highest BCUT2D eigenvalue weighted by Crippen LogP contribution is 2.37. The molecule has 31 heavy (non-hydrogen) atoms. The number of hydrogen-bond donors (Lipinski definition) is 1. The van der Waals surface area contributed by atoms with Crippen LogP contribution in [-0.4, -0.2) is 49.9 Å². The van der Waals surface area contributed by atoms with Gasteiger partial charge in [0.1, 0.15) is 0 Å². The standard InChI is InChI=1S/C19H16F3N3O4S2/c20-19(21,22)14-2-1-3-15-16(14)23-18(30-15)24-17(26)12-4-6-13(7-5-12)31(27,28)25-8-10-29-11-9-25/h1-7H,8-11H2,(H,23,24,26). The second-order valence-electron chi connectivity index (χ2n) is 6.66. The van der Waals surface area contributed by atoms with Crippen LogP contribution < -0.4 is 5.32 Å². The quantitative estimate of drug-likeness (QED) is 0.628. The molecular weight excluding hydrogens is 455 g/mol. The minimum atomic E-state index is -4.56. The molecule has 1 fully saturated rings. The first-order chi connectivity index (χ1) is 14.7. The fourth-order valence-electron chi connectivity index (χ4n) is 3.11. The Labute approximate surface area is 179 Å². The Morgan fingerprint density at radius 3 is 2.42 bits per heavy atom. The molecule has 1 aliphatic rings. The lowest BCUT2D eigenvalue weighted by Crippen LogP contribution is -2.40. The van der Waals surface area contributed by atoms with Gasteiger partial charge < -0.3 is 4.74 Å². The number of thiazole rings is 1. The van der Waals surface area contributed by atoms with Crippen LogP contribution in [0.15, 0.2) is 47.4 Å². The number of alkyl halides is 3. The summed E-state index contributed by atoms with van der Waals surface area (Å²) in [5, 5.41) is 2.49. The average molecular weight is 471 g/mol. The first kappa shape index (κ1) is 21.7. The molecule has 2 heterocycles. The molecule has 0 bridgehead atoms.